The third-order valence-corrected chi connectivity index (χ3v) is 7.61. The Kier molecular flexibility index (Phi) is 5.06. The van der Waals surface area contributed by atoms with Gasteiger partial charge in [-0.15, -0.1) is 0 Å². The molecule has 8 nitrogen and oxygen atoms in total. The summed E-state index contributed by atoms with van der Waals surface area (Å²) in [7, 11) is -7.54. The van der Waals surface area contributed by atoms with E-state index in [9.17, 15) is 21.6 Å². The number of benzene rings is 1. The van der Waals surface area contributed by atoms with Crippen LogP contribution in [-0.2, 0) is 31.4 Å². The second-order valence-electron chi connectivity index (χ2n) is 6.32. The summed E-state index contributed by atoms with van der Waals surface area (Å²) in [5.74, 6) is -0.754. The maximum absolute atomic E-state index is 12.7. The normalized spacial score (nSPS) is 16.7. The van der Waals surface area contributed by atoms with Crippen LogP contribution in [0.3, 0.4) is 0 Å². The molecule has 27 heavy (non-hydrogen) atoms. The van der Waals surface area contributed by atoms with Crippen LogP contribution in [0.15, 0.2) is 41.6 Å². The van der Waals surface area contributed by atoms with Crippen molar-refractivity contribution in [3.63, 3.8) is 0 Å². The van der Waals surface area contributed by atoms with E-state index >= 15 is 0 Å². The van der Waals surface area contributed by atoms with E-state index in [-0.39, 0.29) is 29.3 Å². The summed E-state index contributed by atoms with van der Waals surface area (Å²) in [5, 5.41) is 0. The van der Waals surface area contributed by atoms with Gasteiger partial charge in [-0.25, -0.2) is 25.9 Å². The van der Waals surface area contributed by atoms with Gasteiger partial charge in [0.1, 0.15) is 0 Å². The van der Waals surface area contributed by atoms with Gasteiger partial charge in [0.2, 0.25) is 26.0 Å². The predicted octanol–water partition coefficient (Wildman–Crippen LogP) is 1.24. The first kappa shape index (κ1) is 19.5. The summed E-state index contributed by atoms with van der Waals surface area (Å²) in [5.41, 5.74) is 1.60. The summed E-state index contributed by atoms with van der Waals surface area (Å²) in [6, 6.07) is 6.28. The van der Waals surface area contributed by atoms with Crippen LogP contribution in [-0.4, -0.2) is 33.5 Å². The molecule has 1 fully saturated rings. The number of amides is 1. The smallest absolute Gasteiger partial charge is 0.242 e. The number of pyridine rings is 1. The van der Waals surface area contributed by atoms with E-state index in [4.69, 9.17) is 0 Å². The van der Waals surface area contributed by atoms with Gasteiger partial charge in [-0.2, -0.15) is 0 Å². The van der Waals surface area contributed by atoms with Crippen molar-refractivity contribution in [3.8, 4) is 0 Å². The number of anilines is 1. The van der Waals surface area contributed by atoms with Gasteiger partial charge >= 0.3 is 0 Å². The first-order chi connectivity index (χ1) is 12.6. The van der Waals surface area contributed by atoms with Crippen LogP contribution in [0.1, 0.15) is 23.1 Å². The van der Waals surface area contributed by atoms with Gasteiger partial charge in [0.25, 0.3) is 0 Å². The zero-order valence-corrected chi connectivity index (χ0v) is 16.5. The number of nitrogens with zero attached hydrogens (tertiary/aromatic N) is 2. The Morgan fingerprint density at radius 3 is 2.41 bits per heavy atom. The fourth-order valence-electron chi connectivity index (χ4n) is 3.09. The van der Waals surface area contributed by atoms with Crippen LogP contribution in [0.2, 0.25) is 0 Å². The van der Waals surface area contributed by atoms with Gasteiger partial charge < -0.3 is 0 Å². The van der Waals surface area contributed by atoms with Crippen LogP contribution in [0.25, 0.3) is 0 Å². The third-order valence-electron chi connectivity index (χ3n) is 4.22. The molecule has 1 aliphatic rings. The highest BCUT2D eigenvalue weighted by Crippen LogP contribution is 2.31. The molecule has 0 aliphatic carbocycles. The first-order valence-electron chi connectivity index (χ1n) is 8.17. The summed E-state index contributed by atoms with van der Waals surface area (Å²) in [6.07, 6.45) is 3.08. The molecule has 10 heteroatoms. The number of nitrogens with one attached hydrogen (secondary N) is 1. The molecule has 1 aromatic heterocycles. The summed E-state index contributed by atoms with van der Waals surface area (Å²) in [6.45, 7) is 3.22. The molecular formula is C17H19N3O5S2. The van der Waals surface area contributed by atoms with Gasteiger partial charge in [0.05, 0.1) is 16.3 Å². The van der Waals surface area contributed by atoms with E-state index in [1.807, 2.05) is 0 Å². The van der Waals surface area contributed by atoms with Crippen molar-refractivity contribution < 1.29 is 21.6 Å². The molecule has 1 amide bonds. The number of rotatable bonds is 5. The van der Waals surface area contributed by atoms with Gasteiger partial charge in [0, 0.05) is 25.4 Å². The van der Waals surface area contributed by atoms with Gasteiger partial charge in [-0.05, 0) is 48.7 Å². The Morgan fingerprint density at radius 1 is 1.22 bits per heavy atom. The predicted molar refractivity (Wildman–Crippen MR) is 100 cm³/mol. The maximum Gasteiger partial charge on any atom is 0.242 e. The van der Waals surface area contributed by atoms with Gasteiger partial charge in [0.15, 0.2) is 0 Å². The summed E-state index contributed by atoms with van der Waals surface area (Å²) >= 11 is 0. The fourth-order valence-corrected chi connectivity index (χ4v) is 6.00. The van der Waals surface area contributed by atoms with Gasteiger partial charge in [-0.3, -0.25) is 9.78 Å². The number of sulfonamides is 2. The lowest BCUT2D eigenvalue weighted by atomic mass is 10.1. The number of hydrogen-bond acceptors (Lipinski definition) is 6. The van der Waals surface area contributed by atoms with Crippen LogP contribution >= 0.6 is 0 Å². The standard InChI is InChI=1S/C17H19N3O5S2/c1-12-8-15(20-16(21)5-7-26(20,22)23)9-13(2)17(12)27(24,25)19-11-14-4-3-6-18-10-14/h3-4,6,8-10,19H,5,7,11H2,1-2H3. The molecule has 1 N–H and O–H groups in total. The van der Waals surface area contributed by atoms with Crippen molar-refractivity contribution >= 4 is 31.6 Å². The molecule has 0 bridgehead atoms. The van der Waals surface area contributed by atoms with Crippen molar-refractivity contribution in [2.24, 2.45) is 0 Å². The third kappa shape index (κ3) is 3.87. The molecule has 0 atom stereocenters. The van der Waals surface area contributed by atoms with E-state index in [1.54, 1.807) is 38.4 Å². The number of aromatic nitrogens is 1. The van der Waals surface area contributed by atoms with Crippen LogP contribution in [0, 0.1) is 13.8 Å². The second kappa shape index (κ2) is 7.02. The van der Waals surface area contributed by atoms with Crippen molar-refractivity contribution in [3.05, 3.63) is 53.3 Å². The highest BCUT2D eigenvalue weighted by Gasteiger charge is 2.37. The maximum atomic E-state index is 12.7. The van der Waals surface area contributed by atoms with E-state index < -0.39 is 26.0 Å². The van der Waals surface area contributed by atoms with Crippen LogP contribution < -0.4 is 9.03 Å². The van der Waals surface area contributed by atoms with Crippen molar-refractivity contribution in [1.29, 1.82) is 0 Å². The Balaban J connectivity index is 1.94. The average Bonchev–Trinajstić information content (AvgIpc) is 2.86. The molecule has 0 saturated carbocycles. The van der Waals surface area contributed by atoms with Gasteiger partial charge in [-0.1, -0.05) is 6.07 Å². The van der Waals surface area contributed by atoms with Crippen molar-refractivity contribution in [1.82, 2.24) is 9.71 Å². The molecule has 1 aliphatic heterocycles. The lowest BCUT2D eigenvalue weighted by molar-refractivity contribution is -0.116. The van der Waals surface area contributed by atoms with E-state index in [0.29, 0.717) is 16.7 Å². The van der Waals surface area contributed by atoms with Crippen molar-refractivity contribution in [2.45, 2.75) is 31.7 Å². The minimum absolute atomic E-state index is 0.0687. The largest absolute Gasteiger partial charge is 0.273 e. The molecule has 2 heterocycles. The molecule has 0 radical (unpaired) electrons. The highest BCUT2D eigenvalue weighted by molar-refractivity contribution is 7.94. The molecule has 3 rings (SSSR count). The fraction of sp³-hybridized carbons (Fsp3) is 0.294. The lowest BCUT2D eigenvalue weighted by Crippen LogP contribution is -2.30. The van der Waals surface area contributed by atoms with Crippen LogP contribution in [0.5, 0.6) is 0 Å². The first-order valence-corrected chi connectivity index (χ1v) is 11.3. The van der Waals surface area contributed by atoms with E-state index in [1.165, 1.54) is 12.1 Å². The lowest BCUT2D eigenvalue weighted by Gasteiger charge is -2.19. The molecule has 1 saturated heterocycles. The molecule has 2 aromatic rings. The molecular weight excluding hydrogens is 390 g/mol. The average molecular weight is 409 g/mol. The van der Waals surface area contributed by atoms with E-state index in [2.05, 4.69) is 9.71 Å². The van der Waals surface area contributed by atoms with Crippen molar-refractivity contribution in [2.75, 3.05) is 10.1 Å². The molecule has 144 valence electrons. The zero-order chi connectivity index (χ0) is 19.8. The molecule has 0 unspecified atom stereocenters. The second-order valence-corrected chi connectivity index (χ2v) is 9.96. The number of hydrogen-bond donors (Lipinski definition) is 1. The molecule has 1 aromatic carbocycles. The Bertz CT molecular complexity index is 1070. The van der Waals surface area contributed by atoms with E-state index in [0.717, 1.165) is 4.31 Å². The Morgan fingerprint density at radius 2 is 1.89 bits per heavy atom. The minimum atomic E-state index is -3.83. The quantitative estimate of drug-likeness (QED) is 0.795. The SMILES string of the molecule is Cc1cc(N2C(=O)CCS2(=O)=O)cc(C)c1S(=O)(=O)NCc1cccnc1. The molecule has 0 spiro atoms. The topological polar surface area (TPSA) is 114 Å². The zero-order valence-electron chi connectivity index (χ0n) is 14.8. The number of aryl methyl sites for hydroxylation is 2. The van der Waals surface area contributed by atoms with Crippen LogP contribution in [0.4, 0.5) is 5.69 Å². The summed E-state index contributed by atoms with van der Waals surface area (Å²) < 4.78 is 53.0. The summed E-state index contributed by atoms with van der Waals surface area (Å²) in [4.78, 5) is 16.0. The monoisotopic (exact) mass is 409 g/mol. The minimum Gasteiger partial charge on any atom is -0.273 e. The highest BCUT2D eigenvalue weighted by atomic mass is 32.2. The number of carbonyl (C=O) groups is 1. The number of carbonyl (C=O) groups excluding carboxylic acids is 1. The Labute approximate surface area is 158 Å². The Hall–Kier alpha value is -2.30.